The van der Waals surface area contributed by atoms with Crippen LogP contribution in [0.2, 0.25) is 0 Å². The normalized spacial score (nSPS) is 9.80. The van der Waals surface area contributed by atoms with Gasteiger partial charge in [-0.05, 0) is 24.3 Å². The van der Waals surface area contributed by atoms with Crippen LogP contribution in [0, 0.1) is 0 Å². The highest BCUT2D eigenvalue weighted by molar-refractivity contribution is 7.80. The minimum atomic E-state index is 0.611. The first-order chi connectivity index (χ1) is 7.33. The second-order valence-electron chi connectivity index (χ2n) is 2.92. The van der Waals surface area contributed by atoms with Crippen molar-refractivity contribution >= 4 is 12.6 Å². The Balaban J connectivity index is 2.80. The fourth-order valence-electron chi connectivity index (χ4n) is 1.20. The number of methoxy groups -OCH3 is 2. The third-order valence-corrected chi connectivity index (χ3v) is 2.25. The number of hydrogen-bond donors (Lipinski definition) is 1. The molecule has 0 unspecified atom stereocenters. The van der Waals surface area contributed by atoms with Crippen molar-refractivity contribution in [2.45, 2.75) is 6.42 Å². The van der Waals surface area contributed by atoms with Gasteiger partial charge in [-0.1, -0.05) is 6.07 Å². The average Bonchev–Trinajstić information content (AvgIpc) is 2.29. The summed E-state index contributed by atoms with van der Waals surface area (Å²) in [6.07, 6.45) is 0.893. The summed E-state index contributed by atoms with van der Waals surface area (Å²) in [4.78, 5) is 0. The molecule has 0 N–H and O–H groups in total. The molecule has 0 aromatic heterocycles. The highest BCUT2D eigenvalue weighted by atomic mass is 32.1. The summed E-state index contributed by atoms with van der Waals surface area (Å²) < 4.78 is 16.0. The first-order valence-electron chi connectivity index (χ1n) is 4.78. The average molecular weight is 228 g/mol. The van der Waals surface area contributed by atoms with E-state index in [0.717, 1.165) is 12.2 Å². The summed E-state index contributed by atoms with van der Waals surface area (Å²) in [6, 6.07) is 5.56. The van der Waals surface area contributed by atoms with Crippen molar-refractivity contribution in [3.63, 3.8) is 0 Å². The quantitative estimate of drug-likeness (QED) is 0.598. The van der Waals surface area contributed by atoms with Crippen LogP contribution in [0.3, 0.4) is 0 Å². The highest BCUT2D eigenvalue weighted by Gasteiger charge is 2.10. The van der Waals surface area contributed by atoms with Crippen LogP contribution in [-0.4, -0.2) is 26.6 Å². The van der Waals surface area contributed by atoms with E-state index in [2.05, 4.69) is 12.6 Å². The summed E-state index contributed by atoms with van der Waals surface area (Å²) in [5.74, 6) is 2.84. The minimum Gasteiger partial charge on any atom is -0.493 e. The lowest BCUT2D eigenvalue weighted by Crippen LogP contribution is -2.01. The largest absolute Gasteiger partial charge is 0.493 e. The SMILES string of the molecule is COc1cccc(OC)c1OCCCS. The number of benzene rings is 1. The molecular weight excluding hydrogens is 212 g/mol. The Hall–Kier alpha value is -1.03. The van der Waals surface area contributed by atoms with Crippen LogP contribution in [0.1, 0.15) is 6.42 Å². The lowest BCUT2D eigenvalue weighted by atomic mass is 10.3. The van der Waals surface area contributed by atoms with Crippen LogP contribution in [-0.2, 0) is 0 Å². The fraction of sp³-hybridized carbons (Fsp3) is 0.455. The fourth-order valence-corrected chi connectivity index (χ4v) is 1.33. The predicted molar refractivity (Wildman–Crippen MR) is 63.5 cm³/mol. The second-order valence-corrected chi connectivity index (χ2v) is 3.36. The van der Waals surface area contributed by atoms with Gasteiger partial charge in [-0.15, -0.1) is 0 Å². The molecule has 0 fully saturated rings. The summed E-state index contributed by atoms with van der Waals surface area (Å²) in [7, 11) is 3.22. The lowest BCUT2D eigenvalue weighted by molar-refractivity contribution is 0.275. The molecule has 1 aromatic rings. The standard InChI is InChI=1S/C11H16O3S/c1-12-9-5-3-6-10(13-2)11(9)14-7-4-8-15/h3,5-6,15H,4,7-8H2,1-2H3. The number of thiol groups is 1. The third-order valence-electron chi connectivity index (χ3n) is 1.93. The predicted octanol–water partition coefficient (Wildman–Crippen LogP) is 2.40. The summed E-state index contributed by atoms with van der Waals surface area (Å²) >= 11 is 4.12. The summed E-state index contributed by atoms with van der Waals surface area (Å²) in [5, 5.41) is 0. The zero-order valence-electron chi connectivity index (χ0n) is 9.03. The Morgan fingerprint density at radius 2 is 1.73 bits per heavy atom. The Morgan fingerprint density at radius 3 is 2.20 bits per heavy atom. The van der Waals surface area contributed by atoms with Crippen LogP contribution >= 0.6 is 12.6 Å². The number of rotatable bonds is 6. The van der Waals surface area contributed by atoms with Gasteiger partial charge in [-0.25, -0.2) is 0 Å². The Bertz CT molecular complexity index is 280. The molecule has 0 atom stereocenters. The maximum Gasteiger partial charge on any atom is 0.203 e. The molecule has 0 amide bonds. The van der Waals surface area contributed by atoms with Crippen molar-refractivity contribution in [3.05, 3.63) is 18.2 Å². The van der Waals surface area contributed by atoms with Gasteiger partial charge in [0.25, 0.3) is 0 Å². The number of para-hydroxylation sites is 1. The third kappa shape index (κ3) is 3.23. The monoisotopic (exact) mass is 228 g/mol. The Labute approximate surface area is 95.8 Å². The second kappa shape index (κ2) is 6.45. The number of ether oxygens (including phenoxy) is 3. The van der Waals surface area contributed by atoms with Crippen molar-refractivity contribution in [2.24, 2.45) is 0 Å². The molecule has 15 heavy (non-hydrogen) atoms. The van der Waals surface area contributed by atoms with Crippen LogP contribution in [0.4, 0.5) is 0 Å². The zero-order valence-corrected chi connectivity index (χ0v) is 9.92. The van der Waals surface area contributed by atoms with Crippen molar-refractivity contribution in [3.8, 4) is 17.2 Å². The molecule has 1 aromatic carbocycles. The van der Waals surface area contributed by atoms with Gasteiger partial charge in [0.05, 0.1) is 20.8 Å². The highest BCUT2D eigenvalue weighted by Crippen LogP contribution is 2.36. The Kier molecular flexibility index (Phi) is 5.18. The van der Waals surface area contributed by atoms with Crippen molar-refractivity contribution in [2.75, 3.05) is 26.6 Å². The first-order valence-corrected chi connectivity index (χ1v) is 5.41. The molecule has 0 saturated heterocycles. The van der Waals surface area contributed by atoms with E-state index >= 15 is 0 Å². The molecule has 0 aliphatic heterocycles. The van der Waals surface area contributed by atoms with Crippen molar-refractivity contribution < 1.29 is 14.2 Å². The van der Waals surface area contributed by atoms with Gasteiger partial charge in [0, 0.05) is 0 Å². The molecule has 0 aliphatic rings. The van der Waals surface area contributed by atoms with E-state index in [0.29, 0.717) is 23.9 Å². The molecule has 1 rings (SSSR count). The molecule has 0 aliphatic carbocycles. The molecule has 4 heteroatoms. The molecule has 0 bridgehead atoms. The van der Waals surface area contributed by atoms with Crippen LogP contribution < -0.4 is 14.2 Å². The van der Waals surface area contributed by atoms with Gasteiger partial charge >= 0.3 is 0 Å². The van der Waals surface area contributed by atoms with Gasteiger partial charge < -0.3 is 14.2 Å². The van der Waals surface area contributed by atoms with E-state index in [4.69, 9.17) is 14.2 Å². The molecule has 0 heterocycles. The van der Waals surface area contributed by atoms with Crippen molar-refractivity contribution in [1.29, 1.82) is 0 Å². The molecule has 3 nitrogen and oxygen atoms in total. The smallest absolute Gasteiger partial charge is 0.203 e. The first kappa shape index (κ1) is 12.0. The lowest BCUT2D eigenvalue weighted by Gasteiger charge is -2.13. The van der Waals surface area contributed by atoms with Gasteiger partial charge in [0.2, 0.25) is 5.75 Å². The van der Waals surface area contributed by atoms with Gasteiger partial charge in [-0.3, -0.25) is 0 Å². The molecule has 0 radical (unpaired) electrons. The maximum atomic E-state index is 5.59. The minimum absolute atomic E-state index is 0.611. The van der Waals surface area contributed by atoms with E-state index < -0.39 is 0 Å². The van der Waals surface area contributed by atoms with Gasteiger partial charge in [-0.2, -0.15) is 12.6 Å². The van der Waals surface area contributed by atoms with E-state index in [1.165, 1.54) is 0 Å². The summed E-state index contributed by atoms with van der Waals surface area (Å²) in [5.41, 5.74) is 0. The van der Waals surface area contributed by atoms with Crippen LogP contribution in [0.5, 0.6) is 17.2 Å². The molecule has 0 saturated carbocycles. The zero-order chi connectivity index (χ0) is 11.1. The van der Waals surface area contributed by atoms with Gasteiger partial charge in [0.1, 0.15) is 0 Å². The van der Waals surface area contributed by atoms with Gasteiger partial charge in [0.15, 0.2) is 11.5 Å². The van der Waals surface area contributed by atoms with E-state index in [-0.39, 0.29) is 0 Å². The van der Waals surface area contributed by atoms with Crippen LogP contribution in [0.15, 0.2) is 18.2 Å². The Morgan fingerprint density at radius 1 is 1.13 bits per heavy atom. The molecule has 0 spiro atoms. The number of hydrogen-bond acceptors (Lipinski definition) is 4. The maximum absolute atomic E-state index is 5.59. The van der Waals surface area contributed by atoms with Crippen LogP contribution in [0.25, 0.3) is 0 Å². The topological polar surface area (TPSA) is 27.7 Å². The van der Waals surface area contributed by atoms with E-state index in [1.807, 2.05) is 18.2 Å². The summed E-state index contributed by atoms with van der Waals surface area (Å²) in [6.45, 7) is 0.611. The van der Waals surface area contributed by atoms with E-state index in [1.54, 1.807) is 14.2 Å². The molecular formula is C11H16O3S. The van der Waals surface area contributed by atoms with E-state index in [9.17, 15) is 0 Å². The molecule has 84 valence electrons. The van der Waals surface area contributed by atoms with Crippen molar-refractivity contribution in [1.82, 2.24) is 0 Å².